The van der Waals surface area contributed by atoms with E-state index in [1.165, 1.54) is 30.9 Å². The second-order valence-corrected chi connectivity index (χ2v) is 9.19. The molecule has 0 spiro atoms. The van der Waals surface area contributed by atoms with Gasteiger partial charge in [0.1, 0.15) is 5.75 Å². The molecule has 172 valence electrons. The van der Waals surface area contributed by atoms with Gasteiger partial charge >= 0.3 is 0 Å². The molecule has 0 unspecified atom stereocenters. The zero-order valence-corrected chi connectivity index (χ0v) is 19.8. The number of fused-ring (bicyclic) bond motifs is 1. The van der Waals surface area contributed by atoms with Crippen molar-refractivity contribution in [1.82, 2.24) is 4.90 Å². The number of allylic oxidation sites excluding steroid dienone is 1. The van der Waals surface area contributed by atoms with Gasteiger partial charge in [-0.25, -0.2) is 0 Å². The Morgan fingerprint density at radius 3 is 2.45 bits per heavy atom. The smallest absolute Gasteiger partial charge is 0.231 e. The molecule has 7 nitrogen and oxygen atoms in total. The van der Waals surface area contributed by atoms with E-state index in [1.807, 2.05) is 38.1 Å². The third-order valence-corrected chi connectivity index (χ3v) is 7.03. The molecule has 2 aliphatic rings. The lowest BCUT2D eigenvalue weighted by Crippen LogP contribution is -2.48. The maximum absolute atomic E-state index is 13.3. The van der Waals surface area contributed by atoms with Crippen LogP contribution < -0.4 is 14.2 Å². The third kappa shape index (κ3) is 4.03. The maximum atomic E-state index is 13.3. The third-order valence-electron chi connectivity index (χ3n) is 5.81. The number of carbonyl (C=O) groups is 1. The Kier molecular flexibility index (Phi) is 6.28. The van der Waals surface area contributed by atoms with E-state index >= 15 is 0 Å². The van der Waals surface area contributed by atoms with E-state index in [4.69, 9.17) is 14.2 Å². The summed E-state index contributed by atoms with van der Waals surface area (Å²) in [6, 6.07) is 14.9. The number of benzene rings is 2. The number of methoxy groups -OCH3 is 2. The Balaban J connectivity index is 1.72. The zero-order valence-electron chi connectivity index (χ0n) is 19.0. The van der Waals surface area contributed by atoms with Gasteiger partial charge < -0.3 is 19.3 Å². The number of hydrogen-bond donors (Lipinski definition) is 1. The van der Waals surface area contributed by atoms with Crippen LogP contribution in [-0.4, -0.2) is 42.0 Å². The number of rotatable bonds is 6. The Hall–Kier alpha value is -3.15. The van der Waals surface area contributed by atoms with Gasteiger partial charge in [-0.05, 0) is 43.7 Å². The van der Waals surface area contributed by atoms with Crippen LogP contribution in [0, 0.1) is 11.3 Å². The minimum absolute atomic E-state index is 0.0570. The van der Waals surface area contributed by atoms with E-state index in [0.717, 1.165) is 11.3 Å². The standard InChI is InChI=1S/C25H26N2O5S/c1-15(2)32-18-8-5-16(6-9-18)19-12-23(28)27-24(20(19)13-26)33-14-25(27,29)17-7-10-21(30-3)22(11-17)31-4/h5-11,15,19,29H,12,14H2,1-4H3/t19-,25-/m1/s1. The number of amides is 1. The monoisotopic (exact) mass is 466 g/mol. The van der Waals surface area contributed by atoms with Crippen LogP contribution in [0.2, 0.25) is 0 Å². The summed E-state index contributed by atoms with van der Waals surface area (Å²) in [4.78, 5) is 14.7. The fourth-order valence-electron chi connectivity index (χ4n) is 4.26. The molecule has 33 heavy (non-hydrogen) atoms. The summed E-state index contributed by atoms with van der Waals surface area (Å²) in [7, 11) is 3.05. The fourth-order valence-corrected chi connectivity index (χ4v) is 5.62. The first-order valence-electron chi connectivity index (χ1n) is 10.6. The van der Waals surface area contributed by atoms with Crippen molar-refractivity contribution in [3.8, 4) is 23.3 Å². The molecule has 1 amide bonds. The Morgan fingerprint density at radius 1 is 1.15 bits per heavy atom. The number of ether oxygens (including phenoxy) is 3. The van der Waals surface area contributed by atoms with Crippen molar-refractivity contribution in [1.29, 1.82) is 5.26 Å². The van der Waals surface area contributed by atoms with Crippen LogP contribution in [0.1, 0.15) is 37.3 Å². The molecular formula is C25H26N2O5S. The van der Waals surface area contributed by atoms with E-state index < -0.39 is 5.72 Å². The average molecular weight is 467 g/mol. The first-order chi connectivity index (χ1) is 15.8. The molecule has 1 saturated heterocycles. The Bertz CT molecular complexity index is 1140. The lowest BCUT2D eigenvalue weighted by molar-refractivity contribution is -0.149. The predicted octanol–water partition coefficient (Wildman–Crippen LogP) is 4.13. The molecule has 8 heteroatoms. The minimum Gasteiger partial charge on any atom is -0.493 e. The van der Waals surface area contributed by atoms with Crippen molar-refractivity contribution in [2.24, 2.45) is 0 Å². The summed E-state index contributed by atoms with van der Waals surface area (Å²) >= 11 is 1.31. The summed E-state index contributed by atoms with van der Waals surface area (Å²) in [5.74, 6) is 1.32. The molecule has 0 aromatic heterocycles. The van der Waals surface area contributed by atoms with Gasteiger partial charge in [0.2, 0.25) is 5.91 Å². The summed E-state index contributed by atoms with van der Waals surface area (Å²) in [6.07, 6.45) is 0.147. The molecule has 2 aliphatic heterocycles. The van der Waals surface area contributed by atoms with Gasteiger partial charge in [-0.15, -0.1) is 11.8 Å². The molecule has 1 N–H and O–H groups in total. The van der Waals surface area contributed by atoms with E-state index in [0.29, 0.717) is 27.7 Å². The van der Waals surface area contributed by atoms with Crippen LogP contribution in [0.3, 0.4) is 0 Å². The molecule has 0 saturated carbocycles. The molecule has 2 heterocycles. The SMILES string of the molecule is COc1ccc([C@]2(O)CSC3=C(C#N)[C@@H](c4ccc(OC(C)C)cc4)CC(=O)N32)cc1OC. The van der Waals surface area contributed by atoms with Gasteiger partial charge in [0, 0.05) is 17.9 Å². The summed E-state index contributed by atoms with van der Waals surface area (Å²) in [6.45, 7) is 3.91. The van der Waals surface area contributed by atoms with Crippen molar-refractivity contribution < 1.29 is 24.1 Å². The molecule has 4 rings (SSSR count). The van der Waals surface area contributed by atoms with Gasteiger partial charge in [0.15, 0.2) is 17.2 Å². The van der Waals surface area contributed by atoms with Crippen LogP contribution in [0.5, 0.6) is 17.2 Å². The van der Waals surface area contributed by atoms with E-state index in [1.54, 1.807) is 18.2 Å². The minimum atomic E-state index is -1.58. The lowest BCUT2D eigenvalue weighted by atomic mass is 9.85. The van der Waals surface area contributed by atoms with Crippen LogP contribution in [0.15, 0.2) is 53.1 Å². The highest BCUT2D eigenvalue weighted by Crippen LogP contribution is 2.52. The summed E-state index contributed by atoms with van der Waals surface area (Å²) < 4.78 is 16.4. The van der Waals surface area contributed by atoms with Crippen LogP contribution in [-0.2, 0) is 10.5 Å². The van der Waals surface area contributed by atoms with Crippen molar-refractivity contribution in [2.45, 2.75) is 38.0 Å². The molecule has 2 atom stereocenters. The van der Waals surface area contributed by atoms with Gasteiger partial charge in [-0.3, -0.25) is 9.69 Å². The number of thioether (sulfide) groups is 1. The van der Waals surface area contributed by atoms with Crippen molar-refractivity contribution in [2.75, 3.05) is 20.0 Å². The quantitative estimate of drug-likeness (QED) is 0.684. The number of nitriles is 1. The molecule has 0 bridgehead atoms. The van der Waals surface area contributed by atoms with Crippen LogP contribution in [0.4, 0.5) is 0 Å². The second kappa shape index (κ2) is 9.00. The van der Waals surface area contributed by atoms with Crippen LogP contribution >= 0.6 is 11.8 Å². The molecule has 0 aliphatic carbocycles. The first-order valence-corrected chi connectivity index (χ1v) is 11.6. The van der Waals surface area contributed by atoms with E-state index in [-0.39, 0.29) is 30.1 Å². The van der Waals surface area contributed by atoms with Crippen molar-refractivity contribution in [3.63, 3.8) is 0 Å². The lowest BCUT2D eigenvalue weighted by Gasteiger charge is -2.38. The number of aliphatic hydroxyl groups is 1. The highest BCUT2D eigenvalue weighted by molar-refractivity contribution is 8.03. The average Bonchev–Trinajstić information content (AvgIpc) is 3.17. The molecule has 0 radical (unpaired) electrons. The normalized spacial score (nSPS) is 22.3. The van der Waals surface area contributed by atoms with Crippen molar-refractivity contribution >= 4 is 17.7 Å². The molecule has 2 aromatic carbocycles. The molecule has 1 fully saturated rings. The number of hydrogen-bond acceptors (Lipinski definition) is 7. The zero-order chi connectivity index (χ0) is 23.8. The highest BCUT2D eigenvalue weighted by atomic mass is 32.2. The van der Waals surface area contributed by atoms with E-state index in [2.05, 4.69) is 6.07 Å². The second-order valence-electron chi connectivity index (χ2n) is 8.23. The summed E-state index contributed by atoms with van der Waals surface area (Å²) in [5.41, 5.74) is 0.263. The van der Waals surface area contributed by atoms with E-state index in [9.17, 15) is 15.2 Å². The highest BCUT2D eigenvalue weighted by Gasteiger charge is 2.52. The Morgan fingerprint density at radius 2 is 1.85 bits per heavy atom. The van der Waals surface area contributed by atoms with Gasteiger partial charge in [0.05, 0.1) is 42.7 Å². The number of nitrogens with zero attached hydrogens (tertiary/aromatic N) is 2. The van der Waals surface area contributed by atoms with Crippen LogP contribution in [0.25, 0.3) is 0 Å². The molecular weight excluding hydrogens is 440 g/mol. The van der Waals surface area contributed by atoms with Gasteiger partial charge in [0.25, 0.3) is 0 Å². The first kappa shape index (κ1) is 23.0. The number of carbonyl (C=O) groups excluding carboxylic acids is 1. The van der Waals surface area contributed by atoms with Gasteiger partial charge in [-0.2, -0.15) is 5.26 Å². The van der Waals surface area contributed by atoms with Crippen molar-refractivity contribution in [3.05, 3.63) is 64.2 Å². The predicted molar refractivity (Wildman–Crippen MR) is 125 cm³/mol. The Labute approximate surface area is 197 Å². The largest absolute Gasteiger partial charge is 0.493 e. The molecule has 2 aromatic rings. The summed E-state index contributed by atoms with van der Waals surface area (Å²) in [5, 5.41) is 22.1. The topological polar surface area (TPSA) is 92.0 Å². The maximum Gasteiger partial charge on any atom is 0.231 e. The van der Waals surface area contributed by atoms with Gasteiger partial charge in [-0.1, -0.05) is 18.2 Å². The fraction of sp³-hybridized carbons (Fsp3) is 0.360.